The van der Waals surface area contributed by atoms with E-state index in [0.717, 1.165) is 6.42 Å². The highest BCUT2D eigenvalue weighted by molar-refractivity contribution is 5.70. The average molecular weight is 197 g/mol. The van der Waals surface area contributed by atoms with E-state index in [4.69, 9.17) is 4.74 Å². The molecule has 1 heterocycles. The molecule has 1 aliphatic heterocycles. The minimum Gasteiger partial charge on any atom is -0.444 e. The fourth-order valence-corrected chi connectivity index (χ4v) is 1.62. The summed E-state index contributed by atoms with van der Waals surface area (Å²) in [6.07, 6.45) is 2.64. The lowest BCUT2D eigenvalue weighted by Crippen LogP contribution is -2.36. The molecule has 0 spiro atoms. The summed E-state index contributed by atoms with van der Waals surface area (Å²) in [7, 11) is 0. The maximum absolute atomic E-state index is 11.1. The number of ether oxygens (including phenoxy) is 1. The van der Waals surface area contributed by atoms with Gasteiger partial charge >= 0.3 is 6.09 Å². The number of hydrogen-bond donors (Lipinski definition) is 1. The molecule has 0 radical (unpaired) electrons. The fourth-order valence-electron chi connectivity index (χ4n) is 1.62. The topological polar surface area (TPSA) is 38.3 Å². The van der Waals surface area contributed by atoms with Crippen molar-refractivity contribution in [3.05, 3.63) is 11.6 Å². The number of cyclic esters (lactones) is 1. The fraction of sp³-hybridized carbons (Fsp3) is 0.727. The number of alkyl carbamates (subject to hydrolysis) is 1. The highest BCUT2D eigenvalue weighted by Crippen LogP contribution is 2.19. The van der Waals surface area contributed by atoms with Gasteiger partial charge in [0.25, 0.3) is 0 Å². The predicted molar refractivity (Wildman–Crippen MR) is 56.1 cm³/mol. The molecule has 14 heavy (non-hydrogen) atoms. The summed E-state index contributed by atoms with van der Waals surface area (Å²) in [6, 6.07) is 0.151. The molecule has 2 atom stereocenters. The van der Waals surface area contributed by atoms with Gasteiger partial charge in [0.05, 0.1) is 6.04 Å². The van der Waals surface area contributed by atoms with Crippen molar-refractivity contribution in [2.45, 2.75) is 46.3 Å². The van der Waals surface area contributed by atoms with Gasteiger partial charge in [-0.15, -0.1) is 0 Å². The van der Waals surface area contributed by atoms with E-state index in [1.807, 2.05) is 0 Å². The van der Waals surface area contributed by atoms with E-state index in [0.29, 0.717) is 5.92 Å². The number of amides is 1. The molecule has 0 saturated carbocycles. The van der Waals surface area contributed by atoms with E-state index in [1.54, 1.807) is 0 Å². The Labute approximate surface area is 85.5 Å². The van der Waals surface area contributed by atoms with Crippen LogP contribution in [0.1, 0.15) is 34.1 Å². The lowest BCUT2D eigenvalue weighted by Gasteiger charge is -2.18. The molecular weight excluding hydrogens is 178 g/mol. The average Bonchev–Trinajstić information content (AvgIpc) is 2.43. The van der Waals surface area contributed by atoms with Gasteiger partial charge in [0, 0.05) is 6.42 Å². The summed E-state index contributed by atoms with van der Waals surface area (Å²) in [4.78, 5) is 11.1. The minimum absolute atomic E-state index is 0.00241. The Bertz CT molecular complexity index is 242. The van der Waals surface area contributed by atoms with E-state index >= 15 is 0 Å². The highest BCUT2D eigenvalue weighted by Gasteiger charge is 2.34. The molecule has 3 nitrogen and oxygen atoms in total. The standard InChI is InChI=1S/C11H19NO2/c1-7(2)5-6-9-10(8(3)4)12-11(13)14-9/h5,8-10H,6H2,1-4H3,(H,12,13)/t9-,10+/m1/s1. The van der Waals surface area contributed by atoms with Gasteiger partial charge in [-0.05, 0) is 19.8 Å². The van der Waals surface area contributed by atoms with Crippen LogP contribution in [0.2, 0.25) is 0 Å². The quantitative estimate of drug-likeness (QED) is 0.706. The van der Waals surface area contributed by atoms with Crippen molar-refractivity contribution in [1.29, 1.82) is 0 Å². The molecule has 80 valence electrons. The number of allylic oxidation sites excluding steroid dienone is 1. The lowest BCUT2D eigenvalue weighted by atomic mass is 9.97. The van der Waals surface area contributed by atoms with Crippen LogP contribution in [0.15, 0.2) is 11.6 Å². The molecule has 1 rings (SSSR count). The Balaban J connectivity index is 2.58. The van der Waals surface area contributed by atoms with Crippen molar-refractivity contribution in [3.8, 4) is 0 Å². The molecule has 1 aliphatic rings. The Kier molecular flexibility index (Phi) is 3.55. The van der Waals surface area contributed by atoms with Crippen LogP contribution >= 0.6 is 0 Å². The first-order chi connectivity index (χ1) is 6.50. The third-order valence-corrected chi connectivity index (χ3v) is 2.42. The second kappa shape index (κ2) is 4.49. The van der Waals surface area contributed by atoms with Crippen LogP contribution in [-0.4, -0.2) is 18.2 Å². The van der Waals surface area contributed by atoms with Gasteiger partial charge in [-0.1, -0.05) is 25.5 Å². The second-order valence-corrected chi connectivity index (χ2v) is 4.38. The zero-order valence-electron chi connectivity index (χ0n) is 9.33. The van der Waals surface area contributed by atoms with Crippen LogP contribution in [0, 0.1) is 5.92 Å². The lowest BCUT2D eigenvalue weighted by molar-refractivity contribution is 0.127. The predicted octanol–water partition coefficient (Wildman–Crippen LogP) is 2.48. The van der Waals surface area contributed by atoms with Gasteiger partial charge in [-0.25, -0.2) is 4.79 Å². The first-order valence-corrected chi connectivity index (χ1v) is 5.11. The smallest absolute Gasteiger partial charge is 0.407 e. The third-order valence-electron chi connectivity index (χ3n) is 2.42. The maximum Gasteiger partial charge on any atom is 0.407 e. The van der Waals surface area contributed by atoms with Crippen LogP contribution in [0.5, 0.6) is 0 Å². The molecule has 1 fully saturated rings. The first-order valence-electron chi connectivity index (χ1n) is 5.11. The monoisotopic (exact) mass is 197 g/mol. The van der Waals surface area contributed by atoms with E-state index in [9.17, 15) is 4.79 Å². The normalized spacial score (nSPS) is 25.9. The van der Waals surface area contributed by atoms with E-state index < -0.39 is 0 Å². The van der Waals surface area contributed by atoms with Crippen molar-refractivity contribution in [3.63, 3.8) is 0 Å². The van der Waals surface area contributed by atoms with Gasteiger partial charge in [-0.2, -0.15) is 0 Å². The molecule has 1 amide bonds. The minimum atomic E-state index is -0.282. The number of carbonyl (C=O) groups excluding carboxylic acids is 1. The van der Waals surface area contributed by atoms with E-state index in [2.05, 4.69) is 39.1 Å². The van der Waals surface area contributed by atoms with Crippen molar-refractivity contribution in [2.24, 2.45) is 5.92 Å². The molecule has 0 unspecified atom stereocenters. The van der Waals surface area contributed by atoms with Gasteiger partial charge < -0.3 is 10.1 Å². The van der Waals surface area contributed by atoms with Gasteiger partial charge in [0.1, 0.15) is 6.10 Å². The zero-order chi connectivity index (χ0) is 10.7. The van der Waals surface area contributed by atoms with Gasteiger partial charge in [-0.3, -0.25) is 0 Å². The van der Waals surface area contributed by atoms with Crippen LogP contribution < -0.4 is 5.32 Å². The molecule has 3 heteroatoms. The number of carbonyl (C=O) groups is 1. The second-order valence-electron chi connectivity index (χ2n) is 4.38. The largest absolute Gasteiger partial charge is 0.444 e. The van der Waals surface area contributed by atoms with Crippen molar-refractivity contribution < 1.29 is 9.53 Å². The molecule has 0 aromatic carbocycles. The molecule has 0 aromatic rings. The van der Waals surface area contributed by atoms with Crippen LogP contribution in [0.3, 0.4) is 0 Å². The van der Waals surface area contributed by atoms with Crippen LogP contribution in [0.25, 0.3) is 0 Å². The molecule has 1 saturated heterocycles. The Hall–Kier alpha value is -0.990. The summed E-state index contributed by atoms with van der Waals surface area (Å²) in [5.74, 6) is 0.414. The van der Waals surface area contributed by atoms with E-state index in [-0.39, 0.29) is 18.2 Å². The molecule has 0 aliphatic carbocycles. The SMILES string of the molecule is CC(C)=CC[C@H]1OC(=O)N[C@H]1C(C)C. The summed E-state index contributed by atoms with van der Waals surface area (Å²) >= 11 is 0. The summed E-state index contributed by atoms with van der Waals surface area (Å²) in [5.41, 5.74) is 1.26. The van der Waals surface area contributed by atoms with Crippen molar-refractivity contribution >= 4 is 6.09 Å². The molecule has 1 N–H and O–H groups in total. The van der Waals surface area contributed by atoms with E-state index in [1.165, 1.54) is 5.57 Å². The highest BCUT2D eigenvalue weighted by atomic mass is 16.6. The Morgan fingerprint density at radius 3 is 2.71 bits per heavy atom. The number of rotatable bonds is 3. The van der Waals surface area contributed by atoms with Gasteiger partial charge in [0.2, 0.25) is 0 Å². The van der Waals surface area contributed by atoms with Crippen LogP contribution in [0.4, 0.5) is 4.79 Å². The molecule has 0 bridgehead atoms. The Morgan fingerprint density at radius 1 is 1.57 bits per heavy atom. The summed E-state index contributed by atoms with van der Waals surface area (Å²) in [6.45, 7) is 8.29. The molecular formula is C11H19NO2. The summed E-state index contributed by atoms with van der Waals surface area (Å²) < 4.78 is 5.19. The third kappa shape index (κ3) is 2.76. The summed E-state index contributed by atoms with van der Waals surface area (Å²) in [5, 5.41) is 2.84. The maximum atomic E-state index is 11.1. The zero-order valence-corrected chi connectivity index (χ0v) is 9.33. The molecule has 0 aromatic heterocycles. The Morgan fingerprint density at radius 2 is 2.21 bits per heavy atom. The number of nitrogens with one attached hydrogen (secondary N) is 1. The van der Waals surface area contributed by atoms with Crippen molar-refractivity contribution in [1.82, 2.24) is 5.32 Å². The number of hydrogen-bond acceptors (Lipinski definition) is 2. The van der Waals surface area contributed by atoms with Crippen LogP contribution in [-0.2, 0) is 4.74 Å². The first kappa shape index (κ1) is 11.1. The van der Waals surface area contributed by atoms with Crippen molar-refractivity contribution in [2.75, 3.05) is 0 Å². The van der Waals surface area contributed by atoms with Gasteiger partial charge in [0.15, 0.2) is 0 Å².